The summed E-state index contributed by atoms with van der Waals surface area (Å²) in [6.45, 7) is 3.92. The molecule has 3 aromatic carbocycles. The fraction of sp³-hybridized carbons (Fsp3) is 0.190. The Balaban J connectivity index is 2.43. The van der Waals surface area contributed by atoms with Crippen LogP contribution in [0.4, 0.5) is 0 Å². The fourth-order valence-corrected chi connectivity index (χ4v) is 4.98. The minimum atomic E-state index is -3.62. The summed E-state index contributed by atoms with van der Waals surface area (Å²) < 4.78 is 24.6. The van der Waals surface area contributed by atoms with Crippen LogP contribution in [0.25, 0.3) is 21.9 Å². The van der Waals surface area contributed by atoms with E-state index in [9.17, 15) is 14.5 Å². The molecular weight excluding hydrogens is 363 g/mol. The molecule has 140 valence electrons. The topological polar surface area (TPSA) is 72.8 Å². The lowest BCUT2D eigenvalue weighted by Crippen LogP contribution is -2.15. The highest BCUT2D eigenvalue weighted by molar-refractivity contribution is 7.62. The van der Waals surface area contributed by atoms with Crippen LogP contribution in [0.3, 0.4) is 0 Å². The zero-order chi connectivity index (χ0) is 19.4. The van der Waals surface area contributed by atoms with Gasteiger partial charge in [0.2, 0.25) is 0 Å². The summed E-state index contributed by atoms with van der Waals surface area (Å²) in [5.41, 5.74) is 1.18. The first-order valence-electron chi connectivity index (χ1n) is 8.76. The van der Waals surface area contributed by atoms with Crippen LogP contribution in [0.1, 0.15) is 24.2 Å². The molecule has 3 aromatic rings. The maximum Gasteiger partial charge on any atom is 0.361 e. The van der Waals surface area contributed by atoms with Crippen LogP contribution < -0.4 is 5.30 Å². The molecule has 0 aliphatic heterocycles. The van der Waals surface area contributed by atoms with Crippen LogP contribution >= 0.6 is 7.60 Å². The van der Waals surface area contributed by atoms with Gasteiger partial charge >= 0.3 is 13.6 Å². The summed E-state index contributed by atoms with van der Waals surface area (Å²) in [4.78, 5) is 11.8. The Kier molecular flexibility index (Phi) is 5.76. The van der Waals surface area contributed by atoms with Gasteiger partial charge in [0.25, 0.3) is 0 Å². The lowest BCUT2D eigenvalue weighted by molar-refractivity contribution is 0.0697. The van der Waals surface area contributed by atoms with E-state index < -0.39 is 13.6 Å². The molecule has 0 atom stereocenters. The van der Waals surface area contributed by atoms with Gasteiger partial charge in [0, 0.05) is 5.56 Å². The maximum atomic E-state index is 13.5. The third-order valence-corrected chi connectivity index (χ3v) is 6.39. The molecule has 0 heterocycles. The Labute approximate surface area is 158 Å². The van der Waals surface area contributed by atoms with Crippen molar-refractivity contribution in [3.63, 3.8) is 0 Å². The molecule has 0 radical (unpaired) electrons. The van der Waals surface area contributed by atoms with Crippen LogP contribution in [-0.2, 0) is 13.6 Å². The predicted octanol–water partition coefficient (Wildman–Crippen LogP) is 5.10. The van der Waals surface area contributed by atoms with Crippen LogP contribution in [0, 0.1) is 0 Å². The normalized spacial score (nSPS) is 11.6. The molecule has 5 nitrogen and oxygen atoms in total. The van der Waals surface area contributed by atoms with Gasteiger partial charge in [0.05, 0.1) is 24.1 Å². The van der Waals surface area contributed by atoms with Crippen molar-refractivity contribution in [2.75, 3.05) is 13.2 Å². The van der Waals surface area contributed by atoms with Gasteiger partial charge < -0.3 is 14.2 Å². The third-order valence-electron chi connectivity index (χ3n) is 4.23. The van der Waals surface area contributed by atoms with Crippen LogP contribution in [0.2, 0.25) is 0 Å². The Morgan fingerprint density at radius 1 is 0.926 bits per heavy atom. The number of carboxylic acids is 1. The summed E-state index contributed by atoms with van der Waals surface area (Å²) >= 11 is 0. The number of aromatic carboxylic acids is 1. The molecule has 3 rings (SSSR count). The lowest BCUT2D eigenvalue weighted by atomic mass is 9.94. The van der Waals surface area contributed by atoms with Crippen molar-refractivity contribution in [3.05, 3.63) is 66.2 Å². The van der Waals surface area contributed by atoms with Crippen molar-refractivity contribution in [1.82, 2.24) is 0 Å². The Morgan fingerprint density at radius 2 is 1.56 bits per heavy atom. The molecule has 0 saturated carbocycles. The second kappa shape index (κ2) is 8.05. The van der Waals surface area contributed by atoms with Gasteiger partial charge in [-0.2, -0.15) is 0 Å². The van der Waals surface area contributed by atoms with E-state index in [1.807, 2.05) is 30.3 Å². The van der Waals surface area contributed by atoms with Crippen molar-refractivity contribution >= 4 is 29.6 Å². The van der Waals surface area contributed by atoms with Crippen LogP contribution in [0.15, 0.2) is 60.7 Å². The minimum Gasteiger partial charge on any atom is -0.478 e. The Hall–Kier alpha value is -2.46. The summed E-state index contributed by atoms with van der Waals surface area (Å²) in [6, 6.07) is 17.8. The minimum absolute atomic E-state index is 0.134. The molecule has 0 aliphatic rings. The Bertz CT molecular complexity index is 1020. The number of benzene rings is 3. The van der Waals surface area contributed by atoms with E-state index in [0.717, 1.165) is 10.8 Å². The molecule has 0 saturated heterocycles. The first-order chi connectivity index (χ1) is 13.0. The highest BCUT2D eigenvalue weighted by atomic mass is 31.2. The molecular formula is C21H21O5P. The van der Waals surface area contributed by atoms with Crippen LogP contribution in [-0.4, -0.2) is 24.3 Å². The van der Waals surface area contributed by atoms with Crippen molar-refractivity contribution in [3.8, 4) is 11.1 Å². The zero-order valence-electron chi connectivity index (χ0n) is 15.2. The highest BCUT2D eigenvalue weighted by Crippen LogP contribution is 2.50. The fourth-order valence-electron chi connectivity index (χ4n) is 3.18. The van der Waals surface area contributed by atoms with E-state index in [0.29, 0.717) is 16.4 Å². The number of fused-ring (bicyclic) bond motifs is 1. The van der Waals surface area contributed by atoms with Crippen molar-refractivity contribution < 1.29 is 23.5 Å². The van der Waals surface area contributed by atoms with Gasteiger partial charge in [-0.1, -0.05) is 48.5 Å². The standard InChI is InChI=1S/C21H21O5P/c1-3-25-27(24,26-4-2)19-14-13-15-9-5-6-10-16(15)20(19)17-11-7-8-12-18(17)21(22)23/h5-14H,3-4H2,1-2H3,(H,22,23). The summed E-state index contributed by atoms with van der Waals surface area (Å²) in [5.74, 6) is -1.05. The van der Waals surface area contributed by atoms with Crippen molar-refractivity contribution in [2.45, 2.75) is 13.8 Å². The Morgan fingerprint density at radius 3 is 2.22 bits per heavy atom. The number of hydrogen-bond donors (Lipinski definition) is 1. The van der Waals surface area contributed by atoms with Gasteiger partial charge in [0.15, 0.2) is 0 Å². The van der Waals surface area contributed by atoms with E-state index in [-0.39, 0.29) is 18.8 Å². The zero-order valence-corrected chi connectivity index (χ0v) is 16.1. The average molecular weight is 384 g/mol. The molecule has 0 amide bonds. The van der Waals surface area contributed by atoms with Gasteiger partial charge in [0.1, 0.15) is 0 Å². The predicted molar refractivity (Wildman–Crippen MR) is 107 cm³/mol. The molecule has 0 aromatic heterocycles. The maximum absolute atomic E-state index is 13.5. The second-order valence-electron chi connectivity index (χ2n) is 5.86. The van der Waals surface area contributed by atoms with E-state index in [4.69, 9.17) is 9.05 Å². The van der Waals surface area contributed by atoms with Gasteiger partial charge in [-0.25, -0.2) is 4.79 Å². The molecule has 0 aliphatic carbocycles. The largest absolute Gasteiger partial charge is 0.478 e. The van der Waals surface area contributed by atoms with Gasteiger partial charge in [-0.15, -0.1) is 0 Å². The third kappa shape index (κ3) is 3.67. The van der Waals surface area contributed by atoms with Crippen molar-refractivity contribution in [2.24, 2.45) is 0 Å². The molecule has 0 spiro atoms. The summed E-state index contributed by atoms with van der Waals surface area (Å²) in [7, 11) is -3.62. The molecule has 27 heavy (non-hydrogen) atoms. The first-order valence-corrected chi connectivity index (χ1v) is 10.3. The molecule has 1 N–H and O–H groups in total. The number of carbonyl (C=O) groups is 1. The number of rotatable bonds is 7. The van der Waals surface area contributed by atoms with E-state index in [2.05, 4.69) is 0 Å². The second-order valence-corrected chi connectivity index (χ2v) is 7.86. The molecule has 6 heteroatoms. The average Bonchev–Trinajstić information content (AvgIpc) is 2.67. The molecule has 0 unspecified atom stereocenters. The van der Waals surface area contributed by atoms with Gasteiger partial charge in [-0.3, -0.25) is 4.57 Å². The smallest absolute Gasteiger partial charge is 0.361 e. The number of carboxylic acid groups (broad SMARTS) is 1. The monoisotopic (exact) mass is 384 g/mol. The van der Waals surface area contributed by atoms with Gasteiger partial charge in [-0.05, 0) is 42.3 Å². The van der Waals surface area contributed by atoms with E-state index >= 15 is 0 Å². The number of hydrogen-bond acceptors (Lipinski definition) is 4. The first kappa shape index (κ1) is 19.3. The summed E-state index contributed by atoms with van der Waals surface area (Å²) in [5, 5.41) is 11.7. The highest BCUT2D eigenvalue weighted by Gasteiger charge is 2.32. The summed E-state index contributed by atoms with van der Waals surface area (Å²) in [6.07, 6.45) is 0. The molecule has 0 fully saturated rings. The molecule has 0 bridgehead atoms. The van der Waals surface area contributed by atoms with E-state index in [1.54, 1.807) is 38.1 Å². The van der Waals surface area contributed by atoms with E-state index in [1.165, 1.54) is 6.07 Å². The quantitative estimate of drug-likeness (QED) is 0.574. The van der Waals surface area contributed by atoms with Crippen LogP contribution in [0.5, 0.6) is 0 Å². The van der Waals surface area contributed by atoms with Crippen molar-refractivity contribution in [1.29, 1.82) is 0 Å². The lowest BCUT2D eigenvalue weighted by Gasteiger charge is -2.22. The SMILES string of the molecule is CCOP(=O)(OCC)c1ccc2ccccc2c1-c1ccccc1C(=O)O.